The Kier molecular flexibility index (Phi) is 5.97. The SMILES string of the molecule is CCNCc1nnc(NC(C)CCC(C)C)o1. The zero-order valence-electron chi connectivity index (χ0n) is 11.3. The highest BCUT2D eigenvalue weighted by Crippen LogP contribution is 2.12. The molecule has 1 heterocycles. The Labute approximate surface area is 103 Å². The fourth-order valence-electron chi connectivity index (χ4n) is 1.48. The average Bonchev–Trinajstić information content (AvgIpc) is 2.71. The molecule has 5 heteroatoms. The highest BCUT2D eigenvalue weighted by Gasteiger charge is 2.09. The maximum atomic E-state index is 5.47. The van der Waals surface area contributed by atoms with Crippen molar-refractivity contribution >= 4 is 6.01 Å². The van der Waals surface area contributed by atoms with Crippen LogP contribution in [0.25, 0.3) is 0 Å². The maximum absolute atomic E-state index is 5.47. The van der Waals surface area contributed by atoms with E-state index < -0.39 is 0 Å². The minimum Gasteiger partial charge on any atom is -0.407 e. The normalized spacial score (nSPS) is 13.0. The minimum atomic E-state index is 0.366. The zero-order valence-corrected chi connectivity index (χ0v) is 11.3. The maximum Gasteiger partial charge on any atom is 0.315 e. The largest absolute Gasteiger partial charge is 0.407 e. The van der Waals surface area contributed by atoms with Crippen molar-refractivity contribution in [1.82, 2.24) is 15.5 Å². The highest BCUT2D eigenvalue weighted by molar-refractivity contribution is 5.18. The number of anilines is 1. The number of hydrogen-bond acceptors (Lipinski definition) is 5. The summed E-state index contributed by atoms with van der Waals surface area (Å²) in [5, 5.41) is 14.3. The van der Waals surface area contributed by atoms with E-state index in [1.807, 2.05) is 6.92 Å². The lowest BCUT2D eigenvalue weighted by Crippen LogP contribution is -2.16. The van der Waals surface area contributed by atoms with Gasteiger partial charge in [0.1, 0.15) is 0 Å². The van der Waals surface area contributed by atoms with E-state index in [9.17, 15) is 0 Å². The van der Waals surface area contributed by atoms with E-state index >= 15 is 0 Å². The lowest BCUT2D eigenvalue weighted by Gasteiger charge is -2.12. The first-order chi connectivity index (χ1) is 8.11. The Balaban J connectivity index is 2.32. The topological polar surface area (TPSA) is 63.0 Å². The Morgan fingerprint density at radius 1 is 1.18 bits per heavy atom. The molecule has 0 saturated heterocycles. The Hall–Kier alpha value is -1.10. The van der Waals surface area contributed by atoms with Crippen LogP contribution in [0.5, 0.6) is 0 Å². The molecule has 0 aliphatic carbocycles. The predicted molar refractivity (Wildman–Crippen MR) is 68.8 cm³/mol. The van der Waals surface area contributed by atoms with Gasteiger partial charge in [-0.1, -0.05) is 25.9 Å². The second-order valence-electron chi connectivity index (χ2n) is 4.80. The van der Waals surface area contributed by atoms with Gasteiger partial charge in [-0.05, 0) is 32.2 Å². The molecule has 1 atom stereocenters. The van der Waals surface area contributed by atoms with Crippen LogP contribution in [0, 0.1) is 5.92 Å². The van der Waals surface area contributed by atoms with Crippen LogP contribution in [0.15, 0.2) is 4.42 Å². The second kappa shape index (κ2) is 7.27. The van der Waals surface area contributed by atoms with E-state index in [0.717, 1.165) is 18.9 Å². The van der Waals surface area contributed by atoms with Crippen LogP contribution in [0.2, 0.25) is 0 Å². The Morgan fingerprint density at radius 3 is 2.59 bits per heavy atom. The highest BCUT2D eigenvalue weighted by atomic mass is 16.4. The number of hydrogen-bond donors (Lipinski definition) is 2. The van der Waals surface area contributed by atoms with Crippen molar-refractivity contribution in [3.05, 3.63) is 5.89 Å². The summed E-state index contributed by atoms with van der Waals surface area (Å²) >= 11 is 0. The third kappa shape index (κ3) is 5.68. The van der Waals surface area contributed by atoms with Gasteiger partial charge in [0.2, 0.25) is 5.89 Å². The summed E-state index contributed by atoms with van der Waals surface area (Å²) in [7, 11) is 0. The summed E-state index contributed by atoms with van der Waals surface area (Å²) in [5.41, 5.74) is 0. The first kappa shape index (κ1) is 14.0. The molecule has 1 aromatic heterocycles. The molecule has 0 amide bonds. The molecule has 2 N–H and O–H groups in total. The summed E-state index contributed by atoms with van der Waals surface area (Å²) < 4.78 is 5.47. The van der Waals surface area contributed by atoms with Gasteiger partial charge in [-0.15, -0.1) is 5.10 Å². The Bertz CT molecular complexity index is 311. The van der Waals surface area contributed by atoms with Crippen LogP contribution >= 0.6 is 0 Å². The quantitative estimate of drug-likeness (QED) is 0.730. The van der Waals surface area contributed by atoms with Crippen molar-refractivity contribution < 1.29 is 4.42 Å². The molecule has 5 nitrogen and oxygen atoms in total. The van der Waals surface area contributed by atoms with Gasteiger partial charge in [0.15, 0.2) is 0 Å². The van der Waals surface area contributed by atoms with Crippen molar-refractivity contribution in [2.24, 2.45) is 5.92 Å². The van der Waals surface area contributed by atoms with Crippen molar-refractivity contribution in [3.63, 3.8) is 0 Å². The zero-order chi connectivity index (χ0) is 12.7. The van der Waals surface area contributed by atoms with Gasteiger partial charge < -0.3 is 15.1 Å². The molecule has 0 saturated carbocycles. The van der Waals surface area contributed by atoms with Crippen molar-refractivity contribution in [2.75, 3.05) is 11.9 Å². The van der Waals surface area contributed by atoms with E-state index in [1.165, 1.54) is 6.42 Å². The van der Waals surface area contributed by atoms with Gasteiger partial charge in [0.25, 0.3) is 0 Å². The van der Waals surface area contributed by atoms with Gasteiger partial charge in [0, 0.05) is 6.04 Å². The molecular weight excluding hydrogens is 216 g/mol. The second-order valence-corrected chi connectivity index (χ2v) is 4.80. The minimum absolute atomic E-state index is 0.366. The fraction of sp³-hybridized carbons (Fsp3) is 0.833. The molecule has 1 rings (SSSR count). The van der Waals surface area contributed by atoms with E-state index in [4.69, 9.17) is 4.42 Å². The summed E-state index contributed by atoms with van der Waals surface area (Å²) in [6, 6.07) is 0.888. The molecule has 0 aromatic carbocycles. The Morgan fingerprint density at radius 2 is 1.94 bits per heavy atom. The molecule has 1 aromatic rings. The van der Waals surface area contributed by atoms with Gasteiger partial charge in [0.05, 0.1) is 6.54 Å². The monoisotopic (exact) mass is 240 g/mol. The third-order valence-electron chi connectivity index (χ3n) is 2.54. The molecule has 0 fully saturated rings. The van der Waals surface area contributed by atoms with E-state index in [1.54, 1.807) is 0 Å². The van der Waals surface area contributed by atoms with Gasteiger partial charge in [-0.2, -0.15) is 0 Å². The summed E-state index contributed by atoms with van der Waals surface area (Å²) in [4.78, 5) is 0. The number of nitrogens with one attached hydrogen (secondary N) is 2. The van der Waals surface area contributed by atoms with Crippen molar-refractivity contribution in [1.29, 1.82) is 0 Å². The number of rotatable bonds is 8. The van der Waals surface area contributed by atoms with Crippen LogP contribution in [0.4, 0.5) is 6.01 Å². The predicted octanol–water partition coefficient (Wildman–Crippen LogP) is 2.42. The molecule has 0 bridgehead atoms. The van der Waals surface area contributed by atoms with E-state index in [0.29, 0.717) is 24.5 Å². The molecule has 0 aliphatic rings. The van der Waals surface area contributed by atoms with Crippen molar-refractivity contribution in [2.45, 2.75) is 53.1 Å². The summed E-state index contributed by atoms with van der Waals surface area (Å²) in [6.45, 7) is 10.2. The smallest absolute Gasteiger partial charge is 0.315 e. The standard InChI is InChI=1S/C12H24N4O/c1-5-13-8-11-15-16-12(17-11)14-10(4)7-6-9(2)3/h9-10,13H,5-8H2,1-4H3,(H,14,16). The van der Waals surface area contributed by atoms with Gasteiger partial charge in [-0.3, -0.25) is 0 Å². The molecule has 0 radical (unpaired) electrons. The first-order valence-corrected chi connectivity index (χ1v) is 6.41. The first-order valence-electron chi connectivity index (χ1n) is 6.41. The van der Waals surface area contributed by atoms with Gasteiger partial charge >= 0.3 is 6.01 Å². The fourth-order valence-corrected chi connectivity index (χ4v) is 1.48. The molecule has 98 valence electrons. The lowest BCUT2D eigenvalue weighted by molar-refractivity contribution is 0.469. The molecule has 0 aliphatic heterocycles. The summed E-state index contributed by atoms with van der Waals surface area (Å²) in [5.74, 6) is 1.36. The van der Waals surface area contributed by atoms with Crippen LogP contribution in [0.3, 0.4) is 0 Å². The van der Waals surface area contributed by atoms with Crippen LogP contribution in [0.1, 0.15) is 46.4 Å². The third-order valence-corrected chi connectivity index (χ3v) is 2.54. The number of aromatic nitrogens is 2. The molecule has 1 unspecified atom stereocenters. The van der Waals surface area contributed by atoms with Crippen molar-refractivity contribution in [3.8, 4) is 0 Å². The molecule has 0 spiro atoms. The van der Waals surface area contributed by atoms with Gasteiger partial charge in [-0.25, -0.2) is 0 Å². The molecule has 17 heavy (non-hydrogen) atoms. The average molecular weight is 240 g/mol. The summed E-state index contributed by atoms with van der Waals surface area (Å²) in [6.07, 6.45) is 2.31. The van der Waals surface area contributed by atoms with E-state index in [2.05, 4.69) is 41.6 Å². The van der Waals surface area contributed by atoms with Crippen LogP contribution in [-0.2, 0) is 6.54 Å². The van der Waals surface area contributed by atoms with Crippen LogP contribution in [-0.4, -0.2) is 22.8 Å². The van der Waals surface area contributed by atoms with Crippen LogP contribution < -0.4 is 10.6 Å². The molecular formula is C12H24N4O. The number of nitrogens with zero attached hydrogens (tertiary/aromatic N) is 2. The van der Waals surface area contributed by atoms with E-state index in [-0.39, 0.29) is 0 Å². The lowest BCUT2D eigenvalue weighted by atomic mass is 10.0.